The average Bonchev–Trinajstić information content (AvgIpc) is 2.42. The van der Waals surface area contributed by atoms with Crippen LogP contribution in [0.5, 0.6) is 0 Å². The Bertz CT molecular complexity index is 435. The third-order valence-electron chi connectivity index (χ3n) is 1.62. The molecule has 1 aromatic carbocycles. The maximum Gasteiger partial charge on any atom is 0.115 e. The van der Waals surface area contributed by atoms with Gasteiger partial charge in [0.1, 0.15) is 17.4 Å². The van der Waals surface area contributed by atoms with Crippen LogP contribution in [0.25, 0.3) is 11.0 Å². The van der Waals surface area contributed by atoms with Gasteiger partial charge in [0.25, 0.3) is 0 Å². The highest BCUT2D eigenvalue weighted by atomic mass is 79.9. The maximum atomic E-state index is 5.65. The number of rotatable bonds is 0. The van der Waals surface area contributed by atoms with Gasteiger partial charge < -0.3 is 5.84 Å². The van der Waals surface area contributed by atoms with Crippen molar-refractivity contribution in [1.29, 1.82) is 0 Å². The molecule has 0 aliphatic carbocycles. The lowest BCUT2D eigenvalue weighted by atomic mass is 10.3. The summed E-state index contributed by atoms with van der Waals surface area (Å²) in [5.41, 5.74) is 1.76. The number of benzene rings is 1. The Morgan fingerprint density at radius 2 is 1.92 bits per heavy atom. The summed E-state index contributed by atoms with van der Waals surface area (Å²) in [5.74, 6) is 5.65. The van der Waals surface area contributed by atoms with Gasteiger partial charge in [0.15, 0.2) is 0 Å². The smallest absolute Gasteiger partial charge is 0.115 e. The molecule has 0 fully saturated rings. The van der Waals surface area contributed by atoms with E-state index < -0.39 is 0 Å². The van der Waals surface area contributed by atoms with Crippen molar-refractivity contribution in [2.45, 2.75) is 0 Å². The number of imidazole rings is 1. The minimum atomic E-state index is 0.867. The van der Waals surface area contributed by atoms with Gasteiger partial charge in [-0.25, -0.2) is 9.66 Å². The standard InChI is InChI=1S/C7H5Br2N3/c8-4-1-2-5(9)7-6(4)11-3-12(7)10/h1-3H,10H2. The van der Waals surface area contributed by atoms with E-state index in [1.54, 1.807) is 6.33 Å². The van der Waals surface area contributed by atoms with Gasteiger partial charge in [-0.3, -0.25) is 0 Å². The summed E-state index contributed by atoms with van der Waals surface area (Å²) < 4.78 is 3.38. The SMILES string of the molecule is Nn1cnc2c(Br)ccc(Br)c21. The number of nitrogens with two attached hydrogens (primary N) is 1. The normalized spacial score (nSPS) is 10.8. The number of fused-ring (bicyclic) bond motifs is 1. The molecule has 62 valence electrons. The molecule has 0 bridgehead atoms. The molecule has 12 heavy (non-hydrogen) atoms. The third kappa shape index (κ3) is 1.04. The number of halogens is 2. The molecule has 1 aromatic heterocycles. The molecule has 0 unspecified atom stereocenters. The molecule has 5 heteroatoms. The molecule has 2 N–H and O–H groups in total. The second-order valence-electron chi connectivity index (χ2n) is 2.38. The van der Waals surface area contributed by atoms with Gasteiger partial charge in [0.05, 0.1) is 0 Å². The van der Waals surface area contributed by atoms with Crippen molar-refractivity contribution < 1.29 is 0 Å². The van der Waals surface area contributed by atoms with Crippen molar-refractivity contribution in [1.82, 2.24) is 9.66 Å². The molecule has 0 spiro atoms. The lowest BCUT2D eigenvalue weighted by molar-refractivity contribution is 1.03. The summed E-state index contributed by atoms with van der Waals surface area (Å²) >= 11 is 6.79. The Morgan fingerprint density at radius 1 is 1.25 bits per heavy atom. The predicted molar refractivity (Wildman–Crippen MR) is 55.3 cm³/mol. The molecule has 0 aliphatic rings. The molecular formula is C7H5Br2N3. The zero-order valence-electron chi connectivity index (χ0n) is 5.96. The fraction of sp³-hybridized carbons (Fsp3) is 0. The van der Waals surface area contributed by atoms with Crippen LogP contribution in [0, 0.1) is 0 Å². The first kappa shape index (κ1) is 8.07. The first-order valence-corrected chi connectivity index (χ1v) is 4.85. The molecule has 2 rings (SSSR count). The molecule has 0 atom stereocenters. The third-order valence-corrected chi connectivity index (χ3v) is 2.90. The molecule has 0 saturated carbocycles. The van der Waals surface area contributed by atoms with Gasteiger partial charge >= 0.3 is 0 Å². The summed E-state index contributed by atoms with van der Waals surface area (Å²) in [6.45, 7) is 0. The number of aromatic nitrogens is 2. The van der Waals surface area contributed by atoms with E-state index in [0.29, 0.717) is 0 Å². The topological polar surface area (TPSA) is 43.8 Å². The summed E-state index contributed by atoms with van der Waals surface area (Å²) in [7, 11) is 0. The number of hydrogen-bond donors (Lipinski definition) is 1. The van der Waals surface area contributed by atoms with Crippen LogP contribution in [0.4, 0.5) is 0 Å². The molecule has 0 aliphatic heterocycles. The molecule has 0 radical (unpaired) electrons. The van der Waals surface area contributed by atoms with Crippen LogP contribution in [0.2, 0.25) is 0 Å². The molecule has 0 saturated heterocycles. The van der Waals surface area contributed by atoms with Crippen LogP contribution < -0.4 is 5.84 Å². The summed E-state index contributed by atoms with van der Waals surface area (Å²) in [6, 6.07) is 3.86. The average molecular weight is 291 g/mol. The molecule has 3 nitrogen and oxygen atoms in total. The van der Waals surface area contributed by atoms with Crippen molar-refractivity contribution in [2.24, 2.45) is 0 Å². The van der Waals surface area contributed by atoms with Crippen molar-refractivity contribution >= 4 is 42.9 Å². The van der Waals surface area contributed by atoms with Gasteiger partial charge in [-0.15, -0.1) is 0 Å². The van der Waals surface area contributed by atoms with E-state index in [4.69, 9.17) is 5.84 Å². The number of nitrogen functional groups attached to an aromatic ring is 1. The van der Waals surface area contributed by atoms with Crippen LogP contribution in [-0.2, 0) is 0 Å². The van der Waals surface area contributed by atoms with Crippen molar-refractivity contribution in [3.63, 3.8) is 0 Å². The summed E-state index contributed by atoms with van der Waals surface area (Å²) in [5, 5.41) is 0. The van der Waals surface area contributed by atoms with E-state index in [0.717, 1.165) is 20.0 Å². The Labute approximate surface area is 85.8 Å². The van der Waals surface area contributed by atoms with Crippen LogP contribution in [0.3, 0.4) is 0 Å². The Hall–Kier alpha value is -0.550. The zero-order valence-corrected chi connectivity index (χ0v) is 9.13. The van der Waals surface area contributed by atoms with Gasteiger partial charge in [-0.2, -0.15) is 0 Å². The monoisotopic (exact) mass is 289 g/mol. The van der Waals surface area contributed by atoms with Crippen LogP contribution in [-0.4, -0.2) is 9.66 Å². The quantitative estimate of drug-likeness (QED) is 0.757. The highest BCUT2D eigenvalue weighted by Gasteiger charge is 2.07. The van der Waals surface area contributed by atoms with E-state index in [2.05, 4.69) is 36.8 Å². The lowest BCUT2D eigenvalue weighted by Gasteiger charge is -1.98. The Balaban J connectivity index is 2.98. The second-order valence-corrected chi connectivity index (χ2v) is 4.09. The van der Waals surface area contributed by atoms with Gasteiger partial charge in [-0.05, 0) is 44.0 Å². The summed E-state index contributed by atoms with van der Waals surface area (Å²) in [4.78, 5) is 4.14. The highest BCUT2D eigenvalue weighted by Crippen LogP contribution is 2.27. The number of nitrogens with zero attached hydrogens (tertiary/aromatic N) is 2. The van der Waals surface area contributed by atoms with E-state index >= 15 is 0 Å². The summed E-state index contributed by atoms with van der Waals surface area (Å²) in [6.07, 6.45) is 1.58. The zero-order chi connectivity index (χ0) is 8.72. The molecule has 2 aromatic rings. The van der Waals surface area contributed by atoms with Gasteiger partial charge in [-0.1, -0.05) is 0 Å². The van der Waals surface area contributed by atoms with Crippen molar-refractivity contribution in [3.8, 4) is 0 Å². The van der Waals surface area contributed by atoms with Crippen molar-refractivity contribution in [2.75, 3.05) is 5.84 Å². The van der Waals surface area contributed by atoms with E-state index in [1.807, 2.05) is 12.1 Å². The largest absolute Gasteiger partial charge is 0.338 e. The maximum absolute atomic E-state index is 5.65. The first-order valence-electron chi connectivity index (χ1n) is 3.26. The fourth-order valence-corrected chi connectivity index (χ4v) is 2.02. The lowest BCUT2D eigenvalue weighted by Crippen LogP contribution is -2.05. The van der Waals surface area contributed by atoms with E-state index in [9.17, 15) is 0 Å². The van der Waals surface area contributed by atoms with E-state index in [1.165, 1.54) is 4.68 Å². The molecule has 0 amide bonds. The Kier molecular flexibility index (Phi) is 1.84. The van der Waals surface area contributed by atoms with E-state index in [-0.39, 0.29) is 0 Å². The van der Waals surface area contributed by atoms with Crippen molar-refractivity contribution in [3.05, 3.63) is 27.4 Å². The second kappa shape index (κ2) is 2.74. The van der Waals surface area contributed by atoms with Gasteiger partial charge in [0.2, 0.25) is 0 Å². The van der Waals surface area contributed by atoms with Gasteiger partial charge in [0, 0.05) is 8.95 Å². The first-order chi connectivity index (χ1) is 5.70. The molecule has 1 heterocycles. The minimum absolute atomic E-state index is 0.867. The van der Waals surface area contributed by atoms with Crippen LogP contribution in [0.1, 0.15) is 0 Å². The minimum Gasteiger partial charge on any atom is -0.338 e. The molecular weight excluding hydrogens is 286 g/mol. The fourth-order valence-electron chi connectivity index (χ4n) is 1.08. The van der Waals surface area contributed by atoms with Crippen LogP contribution >= 0.6 is 31.9 Å². The Morgan fingerprint density at radius 3 is 2.58 bits per heavy atom. The number of hydrogen-bond acceptors (Lipinski definition) is 2. The van der Waals surface area contributed by atoms with Crippen LogP contribution in [0.15, 0.2) is 27.4 Å². The highest BCUT2D eigenvalue weighted by molar-refractivity contribution is 9.11. The predicted octanol–water partition coefficient (Wildman–Crippen LogP) is 2.28.